The first-order chi connectivity index (χ1) is 5.87. The van der Waals surface area contributed by atoms with E-state index in [4.69, 9.17) is 4.74 Å². The van der Waals surface area contributed by atoms with Crippen LogP contribution in [0, 0.1) is 5.41 Å². The molecule has 1 heterocycles. The summed E-state index contributed by atoms with van der Waals surface area (Å²) in [5.41, 5.74) is 0.604. The normalized spacial score (nSPS) is 34.2. The van der Waals surface area contributed by atoms with Crippen molar-refractivity contribution < 1.29 is 4.74 Å². The van der Waals surface area contributed by atoms with Gasteiger partial charge in [-0.05, 0) is 38.1 Å². The van der Waals surface area contributed by atoms with E-state index in [0.29, 0.717) is 5.41 Å². The third-order valence-electron chi connectivity index (χ3n) is 3.74. The van der Waals surface area contributed by atoms with E-state index in [9.17, 15) is 0 Å². The first kappa shape index (κ1) is 8.52. The van der Waals surface area contributed by atoms with Crippen LogP contribution in [0.15, 0.2) is 0 Å². The molecule has 1 aliphatic carbocycles. The number of rotatable bonds is 1. The molecule has 0 aromatic heterocycles. The van der Waals surface area contributed by atoms with E-state index in [-0.39, 0.29) is 0 Å². The van der Waals surface area contributed by atoms with Crippen LogP contribution in [0.5, 0.6) is 0 Å². The minimum Gasteiger partial charge on any atom is -0.381 e. The van der Waals surface area contributed by atoms with Gasteiger partial charge in [0.2, 0.25) is 0 Å². The Bertz CT molecular complexity index is 152. The van der Waals surface area contributed by atoms with Gasteiger partial charge in [-0.1, -0.05) is 6.42 Å². The Labute approximate surface area is 74.7 Å². The Balaban J connectivity index is 2.05. The molecule has 0 radical (unpaired) electrons. The second-order valence-electron chi connectivity index (χ2n) is 4.21. The second-order valence-corrected chi connectivity index (χ2v) is 4.21. The van der Waals surface area contributed by atoms with E-state index in [1.165, 1.54) is 32.1 Å². The molecule has 2 nitrogen and oxygen atoms in total. The molecule has 1 saturated carbocycles. The van der Waals surface area contributed by atoms with Crippen molar-refractivity contribution >= 4 is 0 Å². The van der Waals surface area contributed by atoms with Crippen LogP contribution in [0.25, 0.3) is 0 Å². The van der Waals surface area contributed by atoms with Crippen molar-refractivity contribution in [3.63, 3.8) is 0 Å². The van der Waals surface area contributed by atoms with Gasteiger partial charge in [0, 0.05) is 19.3 Å². The molecular weight excluding hydrogens is 150 g/mol. The zero-order chi connectivity index (χ0) is 8.44. The van der Waals surface area contributed by atoms with Crippen LogP contribution in [0.2, 0.25) is 0 Å². The first-order valence-electron chi connectivity index (χ1n) is 5.12. The molecule has 2 rings (SSSR count). The summed E-state index contributed by atoms with van der Waals surface area (Å²) in [4.78, 5) is 0. The lowest BCUT2D eigenvalue weighted by Gasteiger charge is -2.38. The van der Waals surface area contributed by atoms with Gasteiger partial charge < -0.3 is 10.1 Å². The molecule has 1 N–H and O–H groups in total. The summed E-state index contributed by atoms with van der Waals surface area (Å²) in [5, 5.41) is 3.47. The van der Waals surface area contributed by atoms with Gasteiger partial charge in [-0.2, -0.15) is 0 Å². The zero-order valence-corrected chi connectivity index (χ0v) is 7.94. The van der Waals surface area contributed by atoms with Crippen LogP contribution in [0.4, 0.5) is 0 Å². The lowest BCUT2D eigenvalue weighted by Crippen LogP contribution is -2.43. The summed E-state index contributed by atoms with van der Waals surface area (Å²) in [6.07, 6.45) is 6.75. The Kier molecular flexibility index (Phi) is 2.37. The molecule has 0 amide bonds. The van der Waals surface area contributed by atoms with E-state index >= 15 is 0 Å². The smallest absolute Gasteiger partial charge is 0.0471 e. The topological polar surface area (TPSA) is 21.3 Å². The predicted molar refractivity (Wildman–Crippen MR) is 49.2 cm³/mol. The lowest BCUT2D eigenvalue weighted by atomic mass is 9.76. The summed E-state index contributed by atoms with van der Waals surface area (Å²) in [5.74, 6) is 0. The van der Waals surface area contributed by atoms with E-state index in [1.54, 1.807) is 0 Å². The monoisotopic (exact) mass is 169 g/mol. The molecule has 1 atom stereocenters. The highest BCUT2D eigenvalue weighted by Crippen LogP contribution is 2.45. The molecule has 2 heteroatoms. The van der Waals surface area contributed by atoms with Gasteiger partial charge in [-0.15, -0.1) is 0 Å². The summed E-state index contributed by atoms with van der Waals surface area (Å²) in [6, 6.07) is 0.765. The van der Waals surface area contributed by atoms with Crippen LogP contribution in [-0.2, 0) is 4.74 Å². The van der Waals surface area contributed by atoms with Gasteiger partial charge in [0.05, 0.1) is 0 Å². The maximum atomic E-state index is 5.42. The predicted octanol–water partition coefficient (Wildman–Crippen LogP) is 1.56. The molecule has 0 aromatic rings. The minimum atomic E-state index is 0.604. The average molecular weight is 169 g/mol. The third kappa shape index (κ3) is 1.27. The van der Waals surface area contributed by atoms with Crippen molar-refractivity contribution in [2.24, 2.45) is 5.41 Å². The van der Waals surface area contributed by atoms with Crippen molar-refractivity contribution in [2.75, 3.05) is 20.3 Å². The van der Waals surface area contributed by atoms with Gasteiger partial charge in [-0.3, -0.25) is 0 Å². The van der Waals surface area contributed by atoms with E-state index in [1.807, 2.05) is 0 Å². The maximum Gasteiger partial charge on any atom is 0.0471 e. The Morgan fingerprint density at radius 2 is 2.00 bits per heavy atom. The SMILES string of the molecule is CNC1CCCC12CCOCC2. The largest absolute Gasteiger partial charge is 0.381 e. The van der Waals surface area contributed by atoms with Crippen LogP contribution < -0.4 is 5.32 Å². The number of ether oxygens (including phenoxy) is 1. The minimum absolute atomic E-state index is 0.604. The van der Waals surface area contributed by atoms with E-state index in [2.05, 4.69) is 12.4 Å². The van der Waals surface area contributed by atoms with Crippen LogP contribution >= 0.6 is 0 Å². The standard InChI is InChI=1S/C10H19NO/c1-11-9-3-2-4-10(9)5-7-12-8-6-10/h9,11H,2-8H2,1H3. The quantitative estimate of drug-likeness (QED) is 0.643. The first-order valence-corrected chi connectivity index (χ1v) is 5.12. The van der Waals surface area contributed by atoms with Crippen molar-refractivity contribution in [1.82, 2.24) is 5.32 Å². The molecule has 12 heavy (non-hydrogen) atoms. The number of hydrogen-bond donors (Lipinski definition) is 1. The molecule has 0 bridgehead atoms. The molecule has 1 saturated heterocycles. The van der Waals surface area contributed by atoms with Crippen molar-refractivity contribution in [3.05, 3.63) is 0 Å². The van der Waals surface area contributed by atoms with Crippen LogP contribution in [0.3, 0.4) is 0 Å². The summed E-state index contributed by atoms with van der Waals surface area (Å²) < 4.78 is 5.42. The third-order valence-corrected chi connectivity index (χ3v) is 3.74. The molecule has 2 fully saturated rings. The molecular formula is C10H19NO. The lowest BCUT2D eigenvalue weighted by molar-refractivity contribution is 0.00570. The molecule has 1 aliphatic heterocycles. The van der Waals surface area contributed by atoms with Crippen LogP contribution in [0.1, 0.15) is 32.1 Å². The highest BCUT2D eigenvalue weighted by Gasteiger charge is 2.42. The van der Waals surface area contributed by atoms with E-state index < -0.39 is 0 Å². The Morgan fingerprint density at radius 3 is 2.67 bits per heavy atom. The highest BCUT2D eigenvalue weighted by molar-refractivity contribution is 4.96. The average Bonchev–Trinajstić information content (AvgIpc) is 2.49. The van der Waals surface area contributed by atoms with Crippen LogP contribution in [-0.4, -0.2) is 26.3 Å². The molecule has 70 valence electrons. The van der Waals surface area contributed by atoms with Gasteiger partial charge >= 0.3 is 0 Å². The summed E-state index contributed by atoms with van der Waals surface area (Å²) in [7, 11) is 2.10. The van der Waals surface area contributed by atoms with Crippen molar-refractivity contribution in [2.45, 2.75) is 38.1 Å². The fraction of sp³-hybridized carbons (Fsp3) is 1.00. The summed E-state index contributed by atoms with van der Waals surface area (Å²) in [6.45, 7) is 1.97. The maximum absolute atomic E-state index is 5.42. The van der Waals surface area contributed by atoms with Gasteiger partial charge in [-0.25, -0.2) is 0 Å². The summed E-state index contributed by atoms with van der Waals surface area (Å²) >= 11 is 0. The second kappa shape index (κ2) is 3.35. The van der Waals surface area contributed by atoms with Gasteiger partial charge in [0.1, 0.15) is 0 Å². The highest BCUT2D eigenvalue weighted by atomic mass is 16.5. The number of nitrogens with one attached hydrogen (secondary N) is 1. The Hall–Kier alpha value is -0.0800. The Morgan fingerprint density at radius 1 is 1.25 bits per heavy atom. The van der Waals surface area contributed by atoms with E-state index in [0.717, 1.165) is 19.3 Å². The number of hydrogen-bond acceptors (Lipinski definition) is 2. The van der Waals surface area contributed by atoms with Gasteiger partial charge in [0.25, 0.3) is 0 Å². The molecule has 1 spiro atoms. The van der Waals surface area contributed by atoms with Crippen molar-refractivity contribution in [3.8, 4) is 0 Å². The van der Waals surface area contributed by atoms with Crippen molar-refractivity contribution in [1.29, 1.82) is 0 Å². The zero-order valence-electron chi connectivity index (χ0n) is 7.94. The molecule has 2 aliphatic rings. The fourth-order valence-corrected chi connectivity index (χ4v) is 2.97. The van der Waals surface area contributed by atoms with Gasteiger partial charge in [0.15, 0.2) is 0 Å². The molecule has 0 aromatic carbocycles. The fourth-order valence-electron chi connectivity index (χ4n) is 2.97. The molecule has 1 unspecified atom stereocenters.